The second-order valence-electron chi connectivity index (χ2n) is 9.89. The number of benzene rings is 1. The second kappa shape index (κ2) is 5.79. The van der Waals surface area contributed by atoms with Crippen LogP contribution in [0.4, 0.5) is 10.2 Å². The topological polar surface area (TPSA) is 71.8 Å². The Morgan fingerprint density at radius 3 is 2.91 bits per heavy atom. The first kappa shape index (κ1) is 17.4. The van der Waals surface area contributed by atoms with Crippen molar-refractivity contribution in [2.75, 3.05) is 4.90 Å². The molecule has 1 amide bonds. The summed E-state index contributed by atoms with van der Waals surface area (Å²) in [6.45, 7) is 0. The van der Waals surface area contributed by atoms with Crippen molar-refractivity contribution in [3.63, 3.8) is 0 Å². The molecule has 5 fully saturated rings. The summed E-state index contributed by atoms with van der Waals surface area (Å²) in [5, 5.41) is 7.53. The maximum absolute atomic E-state index is 14.5. The summed E-state index contributed by atoms with van der Waals surface area (Å²) >= 11 is 0. The molecule has 0 spiro atoms. The van der Waals surface area contributed by atoms with E-state index >= 15 is 0 Å². The lowest BCUT2D eigenvalue weighted by Crippen LogP contribution is -2.47. The van der Waals surface area contributed by atoms with Crippen LogP contribution in [0.3, 0.4) is 0 Å². The quantitative estimate of drug-likeness (QED) is 0.592. The van der Waals surface area contributed by atoms with Crippen LogP contribution >= 0.6 is 0 Å². The van der Waals surface area contributed by atoms with Crippen LogP contribution in [0.5, 0.6) is 5.75 Å². The number of anilines is 1. The molecule has 1 aromatic carbocycles. The van der Waals surface area contributed by atoms with Crippen LogP contribution in [-0.2, 0) is 0 Å². The van der Waals surface area contributed by atoms with Crippen molar-refractivity contribution in [3.8, 4) is 5.75 Å². The Hall–Kier alpha value is -3.16. The summed E-state index contributed by atoms with van der Waals surface area (Å²) in [7, 11) is 0. The number of halogens is 1. The normalized spacial score (nSPS) is 36.0. The van der Waals surface area contributed by atoms with Gasteiger partial charge in [-0.05, 0) is 61.3 Å². The molecule has 0 radical (unpaired) electrons. The number of amides is 1. The van der Waals surface area contributed by atoms with Crippen LogP contribution in [-0.4, -0.2) is 38.7 Å². The number of ether oxygens (including phenoxy) is 1. The number of hydrogen-bond donors (Lipinski definition) is 1. The monoisotopic (exact) mass is 431 g/mol. The van der Waals surface area contributed by atoms with E-state index in [4.69, 9.17) is 9.72 Å². The van der Waals surface area contributed by atoms with Gasteiger partial charge in [0.1, 0.15) is 29.1 Å². The third-order valence-corrected chi connectivity index (χ3v) is 8.28. The van der Waals surface area contributed by atoms with E-state index in [1.165, 1.54) is 6.07 Å². The average Bonchev–Trinajstić information content (AvgIpc) is 3.52. The largest absolute Gasteiger partial charge is 0.488 e. The van der Waals surface area contributed by atoms with Crippen molar-refractivity contribution in [1.29, 1.82) is 0 Å². The predicted octanol–water partition coefficient (Wildman–Crippen LogP) is 3.11. The number of carbonyl (C=O) groups is 1. The van der Waals surface area contributed by atoms with Gasteiger partial charge in [0.2, 0.25) is 0 Å². The van der Waals surface area contributed by atoms with Crippen molar-refractivity contribution in [1.82, 2.24) is 19.9 Å². The summed E-state index contributed by atoms with van der Waals surface area (Å²) in [6.07, 6.45) is 7.13. The van der Waals surface area contributed by atoms with Gasteiger partial charge in [0, 0.05) is 17.8 Å². The molecule has 3 aliphatic carbocycles. The van der Waals surface area contributed by atoms with Crippen LogP contribution in [0.1, 0.15) is 47.6 Å². The summed E-state index contributed by atoms with van der Waals surface area (Å²) in [6, 6.07) is 7.24. The number of rotatable bonds is 0. The fourth-order valence-corrected chi connectivity index (χ4v) is 6.68. The van der Waals surface area contributed by atoms with E-state index in [9.17, 15) is 9.18 Å². The van der Waals surface area contributed by atoms with Crippen LogP contribution in [0.2, 0.25) is 0 Å². The van der Waals surface area contributed by atoms with Crippen molar-refractivity contribution in [2.45, 2.75) is 49.9 Å². The Labute approximate surface area is 183 Å². The summed E-state index contributed by atoms with van der Waals surface area (Å²) in [5.41, 5.74) is 1.95. The van der Waals surface area contributed by atoms with Crippen molar-refractivity contribution < 1.29 is 13.9 Å². The molecule has 162 valence electrons. The molecule has 8 heteroatoms. The fraction of sp³-hybridized carbons (Fsp3) is 0.458. The molecule has 1 N–H and O–H groups in total. The van der Waals surface area contributed by atoms with Gasteiger partial charge in [-0.3, -0.25) is 4.79 Å². The standard InChI is InChI=1S/C24H22FN5O2/c25-11-5-6-15-12(9-11)21-18-19-20(18)22(19)30(21)17-7-8-29-23(28-17)13(10-26-29)24(31)27-14-3-1-2-4-16(14)32-15/h5-10,14,16,18-22H,1-4H2,(H,27,31)/t14-,16-,18?,19-,20?,21+,22?/m1/s1. The first-order valence-corrected chi connectivity index (χ1v) is 11.6. The number of nitrogens with one attached hydrogen (secondary N) is 1. The lowest BCUT2D eigenvalue weighted by Gasteiger charge is -2.34. The zero-order valence-corrected chi connectivity index (χ0v) is 17.3. The van der Waals surface area contributed by atoms with E-state index in [-0.39, 0.29) is 29.9 Å². The molecule has 6 aliphatic rings. The molecule has 2 aromatic heterocycles. The fourth-order valence-electron chi connectivity index (χ4n) is 6.68. The van der Waals surface area contributed by atoms with Gasteiger partial charge in [0.05, 0.1) is 18.3 Å². The molecule has 3 aromatic rings. The van der Waals surface area contributed by atoms with E-state index in [1.807, 2.05) is 12.3 Å². The molecule has 2 saturated heterocycles. The second-order valence-corrected chi connectivity index (χ2v) is 9.89. The predicted molar refractivity (Wildman–Crippen MR) is 113 cm³/mol. The van der Waals surface area contributed by atoms with Crippen LogP contribution < -0.4 is 15.0 Å². The molecule has 3 saturated carbocycles. The van der Waals surface area contributed by atoms with Gasteiger partial charge >= 0.3 is 0 Å². The summed E-state index contributed by atoms with van der Waals surface area (Å²) in [4.78, 5) is 20.5. The summed E-state index contributed by atoms with van der Waals surface area (Å²) in [5.74, 6) is 3.00. The highest BCUT2D eigenvalue weighted by Crippen LogP contribution is 2.82. The van der Waals surface area contributed by atoms with Crippen molar-refractivity contribution in [3.05, 3.63) is 53.6 Å². The van der Waals surface area contributed by atoms with E-state index < -0.39 is 0 Å². The minimum atomic E-state index is -0.245. The SMILES string of the molecule is O=C1N[C@@H]2CCCC[C@H]2Oc2ccc(F)cc2[C@H]2C3C4C([C@@H]43)N2c2ccn3ncc1c3n2. The smallest absolute Gasteiger partial charge is 0.257 e. The number of carbonyl (C=O) groups excluding carboxylic acids is 1. The number of piperidine rings is 1. The molecule has 7 atom stereocenters. The Kier molecular flexibility index (Phi) is 3.15. The maximum atomic E-state index is 14.5. The third kappa shape index (κ3) is 2.17. The van der Waals surface area contributed by atoms with Gasteiger partial charge in [-0.15, -0.1) is 0 Å². The zero-order chi connectivity index (χ0) is 21.1. The van der Waals surface area contributed by atoms with Crippen molar-refractivity contribution >= 4 is 17.4 Å². The molecule has 3 unspecified atom stereocenters. The van der Waals surface area contributed by atoms with Gasteiger partial charge in [0.15, 0.2) is 5.65 Å². The van der Waals surface area contributed by atoms with Gasteiger partial charge in [0.25, 0.3) is 5.91 Å². The van der Waals surface area contributed by atoms with E-state index in [0.29, 0.717) is 35.0 Å². The molecule has 7 nitrogen and oxygen atoms in total. The van der Waals surface area contributed by atoms with Gasteiger partial charge in [-0.25, -0.2) is 13.9 Å². The minimum absolute atomic E-state index is 0.0495. The molecule has 5 heterocycles. The molecular weight excluding hydrogens is 409 g/mol. The van der Waals surface area contributed by atoms with Gasteiger partial charge < -0.3 is 15.0 Å². The van der Waals surface area contributed by atoms with Gasteiger partial charge in [-0.1, -0.05) is 6.42 Å². The third-order valence-electron chi connectivity index (χ3n) is 8.28. The lowest BCUT2D eigenvalue weighted by atomic mass is 9.91. The van der Waals surface area contributed by atoms with Crippen molar-refractivity contribution in [2.24, 2.45) is 17.8 Å². The number of hydrogen-bond acceptors (Lipinski definition) is 5. The number of fused-ring (bicyclic) bond motifs is 3. The van der Waals surface area contributed by atoms with Crippen LogP contribution in [0.15, 0.2) is 36.7 Å². The maximum Gasteiger partial charge on any atom is 0.257 e. The highest BCUT2D eigenvalue weighted by molar-refractivity contribution is 6.00. The Morgan fingerprint density at radius 1 is 1.12 bits per heavy atom. The highest BCUT2D eigenvalue weighted by atomic mass is 19.1. The lowest BCUT2D eigenvalue weighted by molar-refractivity contribution is 0.0795. The first-order chi connectivity index (χ1) is 15.7. The Bertz CT molecular complexity index is 1300. The Morgan fingerprint density at radius 2 is 2.00 bits per heavy atom. The van der Waals surface area contributed by atoms with Gasteiger partial charge in [-0.2, -0.15) is 5.10 Å². The average molecular weight is 431 g/mol. The first-order valence-electron chi connectivity index (χ1n) is 11.6. The highest BCUT2D eigenvalue weighted by Gasteiger charge is 2.84. The van der Waals surface area contributed by atoms with Crippen LogP contribution in [0.25, 0.3) is 5.65 Å². The van der Waals surface area contributed by atoms with Crippen LogP contribution in [0, 0.1) is 23.6 Å². The molecular formula is C24H22FN5O2. The Balaban J connectivity index is 1.34. The van der Waals surface area contributed by atoms with E-state index in [2.05, 4.69) is 15.3 Å². The summed E-state index contributed by atoms with van der Waals surface area (Å²) < 4.78 is 22.7. The number of nitrogens with zero attached hydrogens (tertiary/aromatic N) is 4. The van der Waals surface area contributed by atoms with E-state index in [0.717, 1.165) is 42.8 Å². The van der Waals surface area contributed by atoms with E-state index in [1.54, 1.807) is 22.8 Å². The zero-order valence-electron chi connectivity index (χ0n) is 17.3. The molecule has 9 rings (SSSR count). The molecule has 32 heavy (non-hydrogen) atoms. The molecule has 4 bridgehead atoms. The number of aromatic nitrogens is 3. The minimum Gasteiger partial charge on any atom is -0.488 e. The molecule has 3 aliphatic heterocycles.